The number of hydrogen-bond donors (Lipinski definition) is 0. The molecule has 0 unspecified atom stereocenters. The predicted molar refractivity (Wildman–Crippen MR) is 47.0 cm³/mol. The van der Waals surface area contributed by atoms with E-state index in [1.54, 1.807) is 12.1 Å². The Labute approximate surface area is 77.7 Å². The monoisotopic (exact) mass is 226 g/mol. The van der Waals surface area contributed by atoms with E-state index >= 15 is 0 Å². The van der Waals surface area contributed by atoms with Crippen LogP contribution in [0.2, 0.25) is 0 Å². The van der Waals surface area contributed by atoms with Crippen LogP contribution in [0.5, 0.6) is 0 Å². The van der Waals surface area contributed by atoms with Crippen LogP contribution in [0.25, 0.3) is 0 Å². The highest BCUT2D eigenvalue weighted by atomic mass is 79.9. The van der Waals surface area contributed by atoms with Crippen molar-refractivity contribution in [3.05, 3.63) is 34.1 Å². The molecule has 60 valence electrons. The van der Waals surface area contributed by atoms with Gasteiger partial charge >= 0.3 is 0 Å². The van der Waals surface area contributed by atoms with Crippen molar-refractivity contribution in [3.63, 3.8) is 0 Å². The summed E-state index contributed by atoms with van der Waals surface area (Å²) < 4.78 is 13.2. The molecule has 0 saturated heterocycles. The summed E-state index contributed by atoms with van der Waals surface area (Å²) in [7, 11) is 0. The first-order chi connectivity index (χ1) is 5.74. The lowest BCUT2D eigenvalue weighted by Gasteiger charge is -1.93. The minimum atomic E-state index is -0.382. The smallest absolute Gasteiger partial charge is 0.193 e. The summed E-state index contributed by atoms with van der Waals surface area (Å²) in [6.07, 6.45) is 0.472. The highest BCUT2D eigenvalue weighted by Gasteiger charge is 1.97. The van der Waals surface area contributed by atoms with Gasteiger partial charge in [0.15, 0.2) is 6.29 Å². The molecule has 0 spiro atoms. The third kappa shape index (κ3) is 2.18. The zero-order chi connectivity index (χ0) is 8.97. The number of benzene rings is 1. The largest absolute Gasteiger partial charge is 0.289 e. The fourth-order valence-corrected chi connectivity index (χ4v) is 0.933. The van der Waals surface area contributed by atoms with Crippen LogP contribution in [-0.2, 0) is 4.79 Å². The van der Waals surface area contributed by atoms with Gasteiger partial charge in [0.05, 0.1) is 4.47 Å². The van der Waals surface area contributed by atoms with E-state index in [9.17, 15) is 9.18 Å². The summed E-state index contributed by atoms with van der Waals surface area (Å²) >= 11 is 3.00. The quantitative estimate of drug-likeness (QED) is 0.490. The minimum absolute atomic E-state index is 0.382. The average molecular weight is 227 g/mol. The third-order valence-corrected chi connectivity index (χ3v) is 1.84. The van der Waals surface area contributed by atoms with Crippen molar-refractivity contribution in [2.75, 3.05) is 0 Å². The van der Waals surface area contributed by atoms with Crippen LogP contribution in [0.3, 0.4) is 0 Å². The van der Waals surface area contributed by atoms with Crippen LogP contribution in [-0.4, -0.2) is 6.29 Å². The Morgan fingerprint density at radius 3 is 2.83 bits per heavy atom. The highest BCUT2D eigenvalue weighted by Crippen LogP contribution is 2.15. The number of carbonyl (C=O) groups is 1. The first kappa shape index (κ1) is 8.95. The highest BCUT2D eigenvalue weighted by molar-refractivity contribution is 9.10. The normalized spacial score (nSPS) is 8.50. The maximum Gasteiger partial charge on any atom is 0.193 e. The molecule has 12 heavy (non-hydrogen) atoms. The van der Waals surface area contributed by atoms with Crippen molar-refractivity contribution in [1.82, 2.24) is 0 Å². The van der Waals surface area contributed by atoms with Gasteiger partial charge in [-0.15, -0.1) is 0 Å². The molecule has 0 aliphatic rings. The number of aldehydes is 1. The van der Waals surface area contributed by atoms with Gasteiger partial charge in [-0.1, -0.05) is 5.92 Å². The second-order valence-corrected chi connectivity index (χ2v) is 2.87. The molecule has 0 aromatic heterocycles. The summed E-state index contributed by atoms with van der Waals surface area (Å²) in [5.74, 6) is 4.30. The molecule has 0 aliphatic heterocycles. The summed E-state index contributed by atoms with van der Waals surface area (Å²) in [6.45, 7) is 0. The molecule has 1 nitrogen and oxygen atoms in total. The molecule has 0 amide bonds. The van der Waals surface area contributed by atoms with E-state index in [0.29, 0.717) is 16.3 Å². The molecule has 1 aromatic carbocycles. The fourth-order valence-electron chi connectivity index (χ4n) is 0.687. The SMILES string of the molecule is O=CC#Cc1ccc(Br)c(F)c1. The molecule has 3 heteroatoms. The van der Waals surface area contributed by atoms with Crippen molar-refractivity contribution in [1.29, 1.82) is 0 Å². The van der Waals surface area contributed by atoms with E-state index in [1.807, 2.05) is 0 Å². The second-order valence-electron chi connectivity index (χ2n) is 2.02. The molecule has 0 fully saturated rings. The Morgan fingerprint density at radius 1 is 1.50 bits per heavy atom. The lowest BCUT2D eigenvalue weighted by atomic mass is 10.2. The average Bonchev–Trinajstić information content (AvgIpc) is 2.07. The predicted octanol–water partition coefficient (Wildman–Crippen LogP) is 2.14. The number of carbonyl (C=O) groups excluding carboxylic acids is 1. The lowest BCUT2D eigenvalue weighted by Crippen LogP contribution is -1.80. The van der Waals surface area contributed by atoms with Crippen molar-refractivity contribution in [2.24, 2.45) is 0 Å². The van der Waals surface area contributed by atoms with E-state index in [4.69, 9.17) is 0 Å². The molecular formula is C9H4BrFO. The third-order valence-electron chi connectivity index (χ3n) is 1.20. The minimum Gasteiger partial charge on any atom is -0.289 e. The second kappa shape index (κ2) is 4.03. The van der Waals surface area contributed by atoms with Gasteiger partial charge in [-0.05, 0) is 40.0 Å². The zero-order valence-electron chi connectivity index (χ0n) is 5.97. The van der Waals surface area contributed by atoms with E-state index in [2.05, 4.69) is 27.8 Å². The first-order valence-electron chi connectivity index (χ1n) is 3.14. The summed E-state index contributed by atoms with van der Waals surface area (Å²) in [6, 6.07) is 4.44. The van der Waals surface area contributed by atoms with Crippen molar-refractivity contribution < 1.29 is 9.18 Å². The van der Waals surface area contributed by atoms with Crippen molar-refractivity contribution >= 4 is 22.2 Å². The topological polar surface area (TPSA) is 17.1 Å². The van der Waals surface area contributed by atoms with Crippen molar-refractivity contribution in [2.45, 2.75) is 0 Å². The molecule has 0 radical (unpaired) electrons. The van der Waals surface area contributed by atoms with Gasteiger partial charge in [-0.25, -0.2) is 4.39 Å². The van der Waals surface area contributed by atoms with Gasteiger partial charge in [-0.3, -0.25) is 4.79 Å². The van der Waals surface area contributed by atoms with Crippen LogP contribution < -0.4 is 0 Å². The Kier molecular flexibility index (Phi) is 3.01. The molecule has 1 aromatic rings. The number of halogens is 2. The van der Waals surface area contributed by atoms with Gasteiger partial charge in [0.25, 0.3) is 0 Å². The molecule has 0 saturated carbocycles. The summed E-state index contributed by atoms with van der Waals surface area (Å²) in [5, 5.41) is 0. The van der Waals surface area contributed by atoms with E-state index in [-0.39, 0.29) is 5.82 Å². The van der Waals surface area contributed by atoms with Crippen LogP contribution in [0.1, 0.15) is 5.56 Å². The molecule has 1 rings (SSSR count). The van der Waals surface area contributed by atoms with Gasteiger partial charge in [0.2, 0.25) is 0 Å². The Balaban J connectivity index is 3.04. The number of hydrogen-bond acceptors (Lipinski definition) is 1. The Hall–Kier alpha value is -1.14. The van der Waals surface area contributed by atoms with E-state index in [1.165, 1.54) is 6.07 Å². The lowest BCUT2D eigenvalue weighted by molar-refractivity contribution is -0.103. The maximum atomic E-state index is 12.8. The van der Waals surface area contributed by atoms with Crippen LogP contribution >= 0.6 is 15.9 Å². The molecular weight excluding hydrogens is 223 g/mol. The van der Waals surface area contributed by atoms with Gasteiger partial charge < -0.3 is 0 Å². The Morgan fingerprint density at radius 2 is 2.25 bits per heavy atom. The van der Waals surface area contributed by atoms with Gasteiger partial charge in [-0.2, -0.15) is 0 Å². The fraction of sp³-hybridized carbons (Fsp3) is 0. The zero-order valence-corrected chi connectivity index (χ0v) is 7.56. The van der Waals surface area contributed by atoms with Crippen molar-refractivity contribution in [3.8, 4) is 11.8 Å². The summed E-state index contributed by atoms with van der Waals surface area (Å²) in [5.41, 5.74) is 0.489. The van der Waals surface area contributed by atoms with Gasteiger partial charge in [0.1, 0.15) is 5.82 Å². The molecule has 0 atom stereocenters. The first-order valence-corrected chi connectivity index (χ1v) is 3.93. The molecule has 0 N–H and O–H groups in total. The van der Waals surface area contributed by atoms with E-state index < -0.39 is 0 Å². The maximum absolute atomic E-state index is 12.8. The standard InChI is InChI=1S/C9H4BrFO/c10-8-4-3-7(2-1-5-12)6-9(8)11/h3-6H. The van der Waals surface area contributed by atoms with Crippen LogP contribution in [0, 0.1) is 17.7 Å². The molecule has 0 heterocycles. The molecule has 0 bridgehead atoms. The molecule has 0 aliphatic carbocycles. The van der Waals surface area contributed by atoms with Crippen LogP contribution in [0.4, 0.5) is 4.39 Å². The summed E-state index contributed by atoms with van der Waals surface area (Å²) in [4.78, 5) is 9.85. The Bertz CT molecular complexity index is 363. The number of rotatable bonds is 0. The van der Waals surface area contributed by atoms with E-state index in [0.717, 1.165) is 0 Å². The van der Waals surface area contributed by atoms with Crippen LogP contribution in [0.15, 0.2) is 22.7 Å². The van der Waals surface area contributed by atoms with Gasteiger partial charge in [0, 0.05) is 5.56 Å².